The summed E-state index contributed by atoms with van der Waals surface area (Å²) < 4.78 is 1.35. The molecule has 2 aromatic rings. The van der Waals surface area contributed by atoms with E-state index in [4.69, 9.17) is 10.8 Å². The lowest BCUT2D eigenvalue weighted by Crippen LogP contribution is -2.21. The number of carbonyl (C=O) groups excluding carboxylic acids is 1. The highest BCUT2D eigenvalue weighted by Crippen LogP contribution is 2.29. The number of nitrogens with two attached hydrogens (primary N) is 1. The van der Waals surface area contributed by atoms with Gasteiger partial charge in [0.25, 0.3) is 0 Å². The number of rotatable bonds is 5. The van der Waals surface area contributed by atoms with Gasteiger partial charge in [0.1, 0.15) is 11.5 Å². The van der Waals surface area contributed by atoms with Crippen molar-refractivity contribution in [2.45, 2.75) is 26.5 Å². The van der Waals surface area contributed by atoms with Gasteiger partial charge in [-0.3, -0.25) is 4.79 Å². The first kappa shape index (κ1) is 15.2. The van der Waals surface area contributed by atoms with Crippen LogP contribution >= 0.6 is 0 Å². The van der Waals surface area contributed by atoms with Crippen LogP contribution in [0.5, 0.6) is 0 Å². The van der Waals surface area contributed by atoms with Crippen molar-refractivity contribution in [3.63, 3.8) is 0 Å². The summed E-state index contributed by atoms with van der Waals surface area (Å²) in [5.41, 5.74) is 9.63. The largest absolute Gasteiger partial charge is 0.394 e. The average Bonchev–Trinajstić information content (AvgIpc) is 2.75. The van der Waals surface area contributed by atoms with Crippen LogP contribution in [0, 0.1) is 13.8 Å². The summed E-state index contributed by atoms with van der Waals surface area (Å²) in [6.45, 7) is 3.57. The first-order valence-electron chi connectivity index (χ1n) is 6.66. The van der Waals surface area contributed by atoms with Crippen LogP contribution in [0.4, 0.5) is 5.82 Å². The Morgan fingerprint density at radius 1 is 1.43 bits per heavy atom. The Morgan fingerprint density at radius 2 is 2.14 bits per heavy atom. The predicted octanol–water partition coefficient (Wildman–Crippen LogP) is 0.915. The molecule has 6 heteroatoms. The van der Waals surface area contributed by atoms with Gasteiger partial charge in [-0.1, -0.05) is 23.8 Å². The molecule has 0 bridgehead atoms. The van der Waals surface area contributed by atoms with Crippen molar-refractivity contribution in [1.82, 2.24) is 9.78 Å². The summed E-state index contributed by atoms with van der Waals surface area (Å²) in [6, 6.07) is 5.84. The number of nitrogen functional groups attached to an aromatic ring is 1. The number of hydrogen-bond acceptors (Lipinski definition) is 5. The molecule has 0 aliphatic rings. The van der Waals surface area contributed by atoms with Crippen LogP contribution in [0.25, 0.3) is 11.3 Å². The summed E-state index contributed by atoms with van der Waals surface area (Å²) in [5.74, 6) is 0.187. The van der Waals surface area contributed by atoms with Crippen LogP contribution in [0.2, 0.25) is 0 Å². The highest BCUT2D eigenvalue weighted by molar-refractivity contribution is 5.92. The molecule has 0 aliphatic carbocycles. The lowest BCUT2D eigenvalue weighted by atomic mass is 10.0. The Kier molecular flexibility index (Phi) is 4.40. The number of hydrogen-bond donors (Lipinski definition) is 3. The van der Waals surface area contributed by atoms with Gasteiger partial charge in [-0.05, 0) is 19.4 Å². The minimum atomic E-state index is -0.973. The molecule has 2 rings (SSSR count). The number of carbonyl (C=O) groups is 1. The number of anilines is 1. The van der Waals surface area contributed by atoms with Crippen molar-refractivity contribution in [2.75, 3.05) is 12.3 Å². The minimum absolute atomic E-state index is 0.0358. The number of aromatic nitrogens is 2. The topological polar surface area (TPSA) is 101 Å². The molecule has 0 amide bonds. The van der Waals surface area contributed by atoms with E-state index >= 15 is 0 Å². The third kappa shape index (κ3) is 2.96. The number of nitrogens with zero attached hydrogens (tertiary/aromatic N) is 2. The Balaban J connectivity index is 2.53. The second-order valence-corrected chi connectivity index (χ2v) is 5.10. The van der Waals surface area contributed by atoms with Crippen LogP contribution in [0.15, 0.2) is 18.2 Å². The van der Waals surface area contributed by atoms with E-state index in [9.17, 15) is 9.90 Å². The van der Waals surface area contributed by atoms with Gasteiger partial charge in [0, 0.05) is 5.56 Å². The number of aryl methyl sites for hydroxylation is 2. The maximum Gasteiger partial charge on any atom is 0.156 e. The number of benzene rings is 1. The first-order valence-corrected chi connectivity index (χ1v) is 6.66. The Bertz CT molecular complexity index is 664. The van der Waals surface area contributed by atoms with Crippen LogP contribution in [-0.2, 0) is 6.54 Å². The Labute approximate surface area is 122 Å². The molecule has 0 saturated heterocycles. The summed E-state index contributed by atoms with van der Waals surface area (Å²) in [5, 5.41) is 22.7. The van der Waals surface area contributed by atoms with Gasteiger partial charge >= 0.3 is 0 Å². The summed E-state index contributed by atoms with van der Waals surface area (Å²) in [6.07, 6.45) is -0.308. The summed E-state index contributed by atoms with van der Waals surface area (Å²) >= 11 is 0. The van der Waals surface area contributed by atoms with E-state index in [2.05, 4.69) is 5.10 Å². The monoisotopic (exact) mass is 289 g/mol. The van der Waals surface area contributed by atoms with Gasteiger partial charge in [0.2, 0.25) is 0 Å². The van der Waals surface area contributed by atoms with Crippen LogP contribution < -0.4 is 5.73 Å². The molecule has 0 spiro atoms. The first-order chi connectivity index (χ1) is 9.97. The predicted molar refractivity (Wildman–Crippen MR) is 80.0 cm³/mol. The smallest absolute Gasteiger partial charge is 0.156 e. The van der Waals surface area contributed by atoms with Gasteiger partial charge in [-0.2, -0.15) is 5.10 Å². The third-order valence-corrected chi connectivity index (χ3v) is 3.38. The molecule has 1 aromatic heterocycles. The summed E-state index contributed by atoms with van der Waals surface area (Å²) in [4.78, 5) is 11.3. The standard InChI is InChI=1S/C15H19N3O3/c1-9-3-4-12(10(2)5-9)14-13(8-20)15(16)18(17-14)6-11(21)7-19/h3-5,8,11,19,21H,6-7,16H2,1-2H3. The minimum Gasteiger partial charge on any atom is -0.394 e. The zero-order valence-electron chi connectivity index (χ0n) is 12.1. The molecular formula is C15H19N3O3. The maximum absolute atomic E-state index is 11.3. The highest BCUT2D eigenvalue weighted by atomic mass is 16.3. The van der Waals surface area contributed by atoms with Crippen molar-refractivity contribution >= 4 is 12.1 Å². The van der Waals surface area contributed by atoms with E-state index in [1.807, 2.05) is 32.0 Å². The van der Waals surface area contributed by atoms with Crippen LogP contribution in [0.1, 0.15) is 21.5 Å². The zero-order valence-corrected chi connectivity index (χ0v) is 12.1. The van der Waals surface area contributed by atoms with Gasteiger partial charge in [-0.25, -0.2) is 4.68 Å². The Hall–Kier alpha value is -2.18. The Morgan fingerprint density at radius 3 is 2.71 bits per heavy atom. The van der Waals surface area contributed by atoms with E-state index in [1.54, 1.807) is 0 Å². The number of aldehydes is 1. The SMILES string of the molecule is Cc1ccc(-c2nn(CC(O)CO)c(N)c2C=O)c(C)c1. The van der Waals surface area contributed by atoms with Crippen LogP contribution in [-0.4, -0.2) is 39.0 Å². The lowest BCUT2D eigenvalue weighted by Gasteiger charge is -2.08. The fraction of sp³-hybridized carbons (Fsp3) is 0.333. The van der Waals surface area contributed by atoms with Crippen molar-refractivity contribution < 1.29 is 15.0 Å². The molecule has 0 aliphatic heterocycles. The van der Waals surface area contributed by atoms with E-state index in [0.717, 1.165) is 16.7 Å². The normalized spacial score (nSPS) is 12.4. The fourth-order valence-electron chi connectivity index (χ4n) is 2.28. The molecule has 1 unspecified atom stereocenters. The molecule has 112 valence electrons. The molecule has 1 atom stereocenters. The van der Waals surface area contributed by atoms with E-state index in [1.165, 1.54) is 4.68 Å². The van der Waals surface area contributed by atoms with Gasteiger partial charge in [-0.15, -0.1) is 0 Å². The van der Waals surface area contributed by atoms with Crippen molar-refractivity contribution in [3.05, 3.63) is 34.9 Å². The molecule has 0 fully saturated rings. The molecule has 4 N–H and O–H groups in total. The molecular weight excluding hydrogens is 270 g/mol. The second kappa shape index (κ2) is 6.07. The second-order valence-electron chi connectivity index (χ2n) is 5.10. The molecule has 21 heavy (non-hydrogen) atoms. The number of aliphatic hydroxyl groups is 2. The van der Waals surface area contributed by atoms with Crippen molar-refractivity contribution in [3.8, 4) is 11.3 Å². The van der Waals surface area contributed by atoms with E-state index < -0.39 is 12.7 Å². The maximum atomic E-state index is 11.3. The van der Waals surface area contributed by atoms with Crippen LogP contribution in [0.3, 0.4) is 0 Å². The number of aliphatic hydroxyl groups excluding tert-OH is 2. The zero-order chi connectivity index (χ0) is 15.6. The van der Waals surface area contributed by atoms with E-state index in [-0.39, 0.29) is 12.4 Å². The van der Waals surface area contributed by atoms with E-state index in [0.29, 0.717) is 17.5 Å². The quantitative estimate of drug-likeness (QED) is 0.710. The fourth-order valence-corrected chi connectivity index (χ4v) is 2.28. The molecule has 1 heterocycles. The molecule has 6 nitrogen and oxygen atoms in total. The van der Waals surface area contributed by atoms with Crippen molar-refractivity contribution in [2.24, 2.45) is 0 Å². The molecule has 1 aromatic carbocycles. The van der Waals surface area contributed by atoms with Gasteiger partial charge in [0.05, 0.1) is 24.8 Å². The summed E-state index contributed by atoms with van der Waals surface area (Å²) in [7, 11) is 0. The van der Waals surface area contributed by atoms with Gasteiger partial charge < -0.3 is 15.9 Å². The highest BCUT2D eigenvalue weighted by Gasteiger charge is 2.19. The third-order valence-electron chi connectivity index (χ3n) is 3.38. The molecule has 0 radical (unpaired) electrons. The lowest BCUT2D eigenvalue weighted by molar-refractivity contribution is 0.0788. The molecule has 0 saturated carbocycles. The van der Waals surface area contributed by atoms with Crippen molar-refractivity contribution in [1.29, 1.82) is 0 Å². The van der Waals surface area contributed by atoms with Gasteiger partial charge in [0.15, 0.2) is 6.29 Å². The average molecular weight is 289 g/mol.